The van der Waals surface area contributed by atoms with Crippen molar-refractivity contribution >= 4 is 11.7 Å². The van der Waals surface area contributed by atoms with Gasteiger partial charge in [-0.25, -0.2) is 0 Å². The summed E-state index contributed by atoms with van der Waals surface area (Å²) in [5, 5.41) is 2.72. The highest BCUT2D eigenvalue weighted by atomic mass is 16.5. The average molecular weight is 233 g/mol. The van der Waals surface area contributed by atoms with Crippen LogP contribution in [0.2, 0.25) is 0 Å². The molecule has 0 saturated carbocycles. The Morgan fingerprint density at radius 3 is 3.00 bits per heavy atom. The van der Waals surface area contributed by atoms with Crippen molar-refractivity contribution < 1.29 is 14.3 Å². The molecule has 0 bridgehead atoms. The molecule has 17 heavy (non-hydrogen) atoms. The quantitative estimate of drug-likeness (QED) is 0.795. The second-order valence-corrected chi connectivity index (χ2v) is 4.20. The minimum absolute atomic E-state index is 0.0476. The van der Waals surface area contributed by atoms with Crippen LogP contribution in [0, 0.1) is 0 Å². The van der Waals surface area contributed by atoms with Crippen LogP contribution < -0.4 is 10.1 Å². The summed E-state index contributed by atoms with van der Waals surface area (Å²) in [6.45, 7) is 2.60. The zero-order chi connectivity index (χ0) is 12.3. The van der Waals surface area contributed by atoms with Gasteiger partial charge in [0.05, 0.1) is 13.0 Å². The minimum atomic E-state index is -0.228. The largest absolute Gasteiger partial charge is 0.493 e. The number of ether oxygens (including phenoxy) is 1. The van der Waals surface area contributed by atoms with Gasteiger partial charge in [-0.3, -0.25) is 9.59 Å². The average Bonchev–Trinajstić information content (AvgIpc) is 2.72. The number of amides is 1. The van der Waals surface area contributed by atoms with Crippen LogP contribution in [-0.4, -0.2) is 18.3 Å². The third-order valence-electron chi connectivity index (χ3n) is 2.65. The first-order chi connectivity index (χ1) is 8.15. The fraction of sp³-hybridized carbons (Fsp3) is 0.385. The Morgan fingerprint density at radius 1 is 1.41 bits per heavy atom. The summed E-state index contributed by atoms with van der Waals surface area (Å²) in [5.41, 5.74) is 2.22. The zero-order valence-electron chi connectivity index (χ0n) is 9.79. The summed E-state index contributed by atoms with van der Waals surface area (Å²) in [7, 11) is 0. The van der Waals surface area contributed by atoms with Gasteiger partial charge in [-0.15, -0.1) is 0 Å². The Morgan fingerprint density at radius 2 is 2.24 bits per heavy atom. The number of fused-ring (bicyclic) bond motifs is 1. The van der Waals surface area contributed by atoms with Gasteiger partial charge in [0.25, 0.3) is 0 Å². The molecule has 1 N–H and O–H groups in total. The monoisotopic (exact) mass is 233 g/mol. The molecule has 0 aromatic heterocycles. The van der Waals surface area contributed by atoms with Crippen molar-refractivity contribution in [3.8, 4) is 5.75 Å². The molecule has 2 rings (SSSR count). The molecule has 4 nitrogen and oxygen atoms in total. The molecule has 1 aliphatic heterocycles. The van der Waals surface area contributed by atoms with Crippen molar-refractivity contribution in [1.82, 2.24) is 5.32 Å². The lowest BCUT2D eigenvalue weighted by Crippen LogP contribution is -2.24. The van der Waals surface area contributed by atoms with Crippen molar-refractivity contribution in [3.63, 3.8) is 0 Å². The molecule has 0 radical (unpaired) electrons. The fourth-order valence-electron chi connectivity index (χ4n) is 1.84. The summed E-state index contributed by atoms with van der Waals surface area (Å²) < 4.78 is 5.40. The molecule has 1 aromatic carbocycles. The zero-order valence-corrected chi connectivity index (χ0v) is 9.79. The molecule has 1 heterocycles. The summed E-state index contributed by atoms with van der Waals surface area (Å²) in [6, 6.07) is 5.89. The minimum Gasteiger partial charge on any atom is -0.493 e. The first kappa shape index (κ1) is 11.6. The van der Waals surface area contributed by atoms with E-state index in [1.54, 1.807) is 0 Å². The van der Waals surface area contributed by atoms with Crippen LogP contribution >= 0.6 is 0 Å². The summed E-state index contributed by atoms with van der Waals surface area (Å²) >= 11 is 0. The standard InChI is InChI=1S/C13H15NO3/c1-9(15)6-13(16)14-8-10-2-3-12-11(7-10)4-5-17-12/h2-3,7H,4-6,8H2,1H3,(H,14,16). The van der Waals surface area contributed by atoms with Crippen molar-refractivity contribution in [2.75, 3.05) is 6.61 Å². The number of ketones is 1. The lowest BCUT2D eigenvalue weighted by atomic mass is 10.1. The van der Waals surface area contributed by atoms with E-state index in [1.807, 2.05) is 18.2 Å². The van der Waals surface area contributed by atoms with Crippen LogP contribution in [0.15, 0.2) is 18.2 Å². The molecule has 0 aliphatic carbocycles. The third kappa shape index (κ3) is 3.06. The number of benzene rings is 1. The number of hydrogen-bond donors (Lipinski definition) is 1. The van der Waals surface area contributed by atoms with Crippen molar-refractivity contribution in [1.29, 1.82) is 0 Å². The van der Waals surface area contributed by atoms with Crippen LogP contribution in [0.25, 0.3) is 0 Å². The second kappa shape index (κ2) is 4.99. The molecule has 4 heteroatoms. The molecule has 0 unspecified atom stereocenters. The van der Waals surface area contributed by atoms with Crippen LogP contribution in [0.3, 0.4) is 0 Å². The number of carbonyl (C=O) groups is 2. The van der Waals surface area contributed by atoms with Gasteiger partial charge in [-0.1, -0.05) is 12.1 Å². The Hall–Kier alpha value is -1.84. The first-order valence-corrected chi connectivity index (χ1v) is 5.66. The van der Waals surface area contributed by atoms with E-state index in [0.717, 1.165) is 24.3 Å². The maximum atomic E-state index is 11.3. The van der Waals surface area contributed by atoms with Gasteiger partial charge in [0.1, 0.15) is 11.5 Å². The van der Waals surface area contributed by atoms with Gasteiger partial charge in [-0.2, -0.15) is 0 Å². The molecule has 90 valence electrons. The number of carbonyl (C=O) groups excluding carboxylic acids is 2. The lowest BCUT2D eigenvalue weighted by molar-refractivity contribution is -0.127. The number of rotatable bonds is 4. The molecule has 0 saturated heterocycles. The Kier molecular flexibility index (Phi) is 3.42. The molecule has 0 spiro atoms. The third-order valence-corrected chi connectivity index (χ3v) is 2.65. The van der Waals surface area contributed by atoms with E-state index in [-0.39, 0.29) is 18.1 Å². The number of hydrogen-bond acceptors (Lipinski definition) is 3. The highest BCUT2D eigenvalue weighted by Gasteiger charge is 2.12. The first-order valence-electron chi connectivity index (χ1n) is 5.66. The van der Waals surface area contributed by atoms with Gasteiger partial charge in [0, 0.05) is 13.0 Å². The molecule has 1 aromatic rings. The summed E-state index contributed by atoms with van der Waals surface area (Å²) in [6.07, 6.45) is 0.874. The second-order valence-electron chi connectivity index (χ2n) is 4.20. The summed E-state index contributed by atoms with van der Waals surface area (Å²) in [4.78, 5) is 22.0. The molecule has 0 atom stereocenters. The molecule has 0 fully saturated rings. The SMILES string of the molecule is CC(=O)CC(=O)NCc1ccc2c(c1)CCO2. The van der Waals surface area contributed by atoms with E-state index in [9.17, 15) is 9.59 Å². The van der Waals surface area contributed by atoms with Crippen molar-refractivity contribution in [3.05, 3.63) is 29.3 Å². The number of nitrogens with one attached hydrogen (secondary N) is 1. The van der Waals surface area contributed by atoms with E-state index in [0.29, 0.717) is 6.54 Å². The smallest absolute Gasteiger partial charge is 0.227 e. The van der Waals surface area contributed by atoms with E-state index in [1.165, 1.54) is 12.5 Å². The predicted octanol–water partition coefficient (Wildman–Crippen LogP) is 1.22. The van der Waals surface area contributed by atoms with Crippen LogP contribution in [-0.2, 0) is 22.6 Å². The Labute approximate surface area is 100.0 Å². The Bertz CT molecular complexity index is 454. The van der Waals surface area contributed by atoms with E-state index < -0.39 is 0 Å². The van der Waals surface area contributed by atoms with E-state index in [4.69, 9.17) is 4.74 Å². The van der Waals surface area contributed by atoms with E-state index >= 15 is 0 Å². The highest BCUT2D eigenvalue weighted by molar-refractivity contribution is 5.96. The van der Waals surface area contributed by atoms with Gasteiger partial charge < -0.3 is 10.1 Å². The fourth-order valence-corrected chi connectivity index (χ4v) is 1.84. The van der Waals surface area contributed by atoms with Gasteiger partial charge in [-0.05, 0) is 24.1 Å². The molecular formula is C13H15NO3. The van der Waals surface area contributed by atoms with Crippen molar-refractivity contribution in [2.24, 2.45) is 0 Å². The highest BCUT2D eigenvalue weighted by Crippen LogP contribution is 2.25. The normalized spacial score (nSPS) is 12.8. The van der Waals surface area contributed by atoms with Crippen LogP contribution in [0.1, 0.15) is 24.5 Å². The van der Waals surface area contributed by atoms with Gasteiger partial charge in [0.15, 0.2) is 0 Å². The lowest BCUT2D eigenvalue weighted by Gasteiger charge is -2.06. The maximum Gasteiger partial charge on any atom is 0.227 e. The van der Waals surface area contributed by atoms with Gasteiger partial charge in [0.2, 0.25) is 5.91 Å². The molecule has 1 aliphatic rings. The van der Waals surface area contributed by atoms with Crippen LogP contribution in [0.5, 0.6) is 5.75 Å². The van der Waals surface area contributed by atoms with Crippen molar-refractivity contribution in [2.45, 2.75) is 26.3 Å². The maximum absolute atomic E-state index is 11.3. The molecule has 1 amide bonds. The topological polar surface area (TPSA) is 55.4 Å². The Balaban J connectivity index is 1.91. The van der Waals surface area contributed by atoms with Gasteiger partial charge >= 0.3 is 0 Å². The number of Topliss-reactive ketones (excluding diaryl/α,β-unsaturated/α-hetero) is 1. The molecular weight excluding hydrogens is 218 g/mol. The summed E-state index contributed by atoms with van der Waals surface area (Å²) in [5.74, 6) is 0.586. The van der Waals surface area contributed by atoms with Crippen LogP contribution in [0.4, 0.5) is 0 Å². The predicted molar refractivity (Wildman–Crippen MR) is 62.8 cm³/mol. The van der Waals surface area contributed by atoms with E-state index in [2.05, 4.69) is 5.32 Å².